The third-order valence-electron chi connectivity index (χ3n) is 5.00. The van der Waals surface area contributed by atoms with Crippen LogP contribution in [0, 0.1) is 23.1 Å². The summed E-state index contributed by atoms with van der Waals surface area (Å²) in [6.45, 7) is 3.99. The molecular formula is C21H19Br2FO2. The maximum absolute atomic E-state index is 14.8. The van der Waals surface area contributed by atoms with E-state index < -0.39 is 0 Å². The molecule has 0 heterocycles. The van der Waals surface area contributed by atoms with Gasteiger partial charge < -0.3 is 4.74 Å². The number of hydrogen-bond donors (Lipinski definition) is 0. The first-order valence-corrected chi connectivity index (χ1v) is 9.93. The average Bonchev–Trinajstić information content (AvgIpc) is 3.14. The minimum Gasteiger partial charge on any atom is -0.460 e. The zero-order valence-electron chi connectivity index (χ0n) is 14.5. The number of esters is 1. The number of allylic oxidation sites excluding steroid dienone is 1. The van der Waals surface area contributed by atoms with E-state index in [-0.39, 0.29) is 35.6 Å². The molecule has 26 heavy (non-hydrogen) atoms. The van der Waals surface area contributed by atoms with Crippen LogP contribution in [-0.2, 0) is 16.1 Å². The van der Waals surface area contributed by atoms with Crippen molar-refractivity contribution in [2.24, 2.45) is 17.3 Å². The largest absolute Gasteiger partial charge is 0.460 e. The molecule has 1 saturated carbocycles. The van der Waals surface area contributed by atoms with Crippen molar-refractivity contribution in [3.8, 4) is 11.1 Å². The number of hydrogen-bond acceptors (Lipinski definition) is 2. The molecule has 1 fully saturated rings. The summed E-state index contributed by atoms with van der Waals surface area (Å²) < 4.78 is 21.1. The Morgan fingerprint density at radius 3 is 2.50 bits per heavy atom. The van der Waals surface area contributed by atoms with Gasteiger partial charge in [-0.25, -0.2) is 4.39 Å². The molecule has 136 valence electrons. The van der Waals surface area contributed by atoms with Crippen molar-refractivity contribution in [2.45, 2.75) is 20.5 Å². The van der Waals surface area contributed by atoms with Crippen molar-refractivity contribution >= 4 is 37.8 Å². The van der Waals surface area contributed by atoms with Gasteiger partial charge in [-0.15, -0.1) is 0 Å². The number of carbonyl (C=O) groups is 1. The third kappa shape index (κ3) is 3.94. The number of benzene rings is 2. The standard InChI is InChI=1S/C21H19Br2FO2/c1-21(2)16(11-17(22)23)18(21)20(25)26-12-14-9-6-10-15(19(14)24)13-7-4-3-5-8-13/h3-11,16,18H,12H2,1-2H3/t16-,18-/m0/s1. The van der Waals surface area contributed by atoms with E-state index in [4.69, 9.17) is 4.74 Å². The highest BCUT2D eigenvalue weighted by Crippen LogP contribution is 2.60. The monoisotopic (exact) mass is 480 g/mol. The Hall–Kier alpha value is -1.46. The number of carbonyl (C=O) groups excluding carboxylic acids is 1. The van der Waals surface area contributed by atoms with Gasteiger partial charge in [0.1, 0.15) is 12.4 Å². The molecule has 1 aliphatic carbocycles. The van der Waals surface area contributed by atoms with E-state index in [1.807, 2.05) is 50.3 Å². The molecule has 5 heteroatoms. The third-order valence-corrected chi connectivity index (χ3v) is 5.53. The normalized spacial score (nSPS) is 20.3. The topological polar surface area (TPSA) is 26.3 Å². The lowest BCUT2D eigenvalue weighted by atomic mass is 10.0. The van der Waals surface area contributed by atoms with Gasteiger partial charge in [-0.05, 0) is 48.8 Å². The first kappa shape index (κ1) is 19.3. The van der Waals surface area contributed by atoms with Crippen LogP contribution in [0.3, 0.4) is 0 Å². The van der Waals surface area contributed by atoms with E-state index in [9.17, 15) is 9.18 Å². The second-order valence-corrected chi connectivity index (χ2v) is 9.81. The van der Waals surface area contributed by atoms with Crippen molar-refractivity contribution < 1.29 is 13.9 Å². The van der Waals surface area contributed by atoms with Gasteiger partial charge in [0.2, 0.25) is 0 Å². The summed E-state index contributed by atoms with van der Waals surface area (Å²) in [6, 6.07) is 14.5. The Morgan fingerprint density at radius 1 is 1.15 bits per heavy atom. The maximum Gasteiger partial charge on any atom is 0.310 e. The van der Waals surface area contributed by atoms with Gasteiger partial charge in [-0.3, -0.25) is 4.79 Å². The molecular weight excluding hydrogens is 463 g/mol. The highest BCUT2D eigenvalue weighted by molar-refractivity contribution is 9.28. The quantitative estimate of drug-likeness (QED) is 0.459. The highest BCUT2D eigenvalue weighted by Gasteiger charge is 2.61. The Bertz CT molecular complexity index is 842. The first-order valence-electron chi connectivity index (χ1n) is 8.34. The van der Waals surface area contributed by atoms with Crippen LogP contribution >= 0.6 is 31.9 Å². The Labute approximate surface area is 169 Å². The van der Waals surface area contributed by atoms with Gasteiger partial charge in [0.05, 0.1) is 9.31 Å². The number of halogens is 3. The van der Waals surface area contributed by atoms with Crippen molar-refractivity contribution in [3.63, 3.8) is 0 Å². The summed E-state index contributed by atoms with van der Waals surface area (Å²) in [5, 5.41) is 0. The van der Waals surface area contributed by atoms with Crippen molar-refractivity contribution in [3.05, 3.63) is 69.4 Å². The lowest BCUT2D eigenvalue weighted by Gasteiger charge is -2.10. The van der Waals surface area contributed by atoms with Crippen LogP contribution < -0.4 is 0 Å². The summed E-state index contributed by atoms with van der Waals surface area (Å²) >= 11 is 6.67. The smallest absolute Gasteiger partial charge is 0.310 e. The predicted octanol–water partition coefficient (Wildman–Crippen LogP) is 6.44. The second kappa shape index (κ2) is 7.65. The van der Waals surface area contributed by atoms with Gasteiger partial charge in [0, 0.05) is 11.1 Å². The van der Waals surface area contributed by atoms with Crippen LogP contribution in [0.2, 0.25) is 0 Å². The lowest BCUT2D eigenvalue weighted by molar-refractivity contribution is -0.147. The second-order valence-electron chi connectivity index (χ2n) is 7.03. The van der Waals surface area contributed by atoms with Crippen LogP contribution in [0.15, 0.2) is 58.0 Å². The summed E-state index contributed by atoms with van der Waals surface area (Å²) in [5.41, 5.74) is 1.53. The fourth-order valence-corrected chi connectivity index (χ4v) is 3.91. The fraction of sp³-hybridized carbons (Fsp3) is 0.286. The van der Waals surface area contributed by atoms with Gasteiger partial charge >= 0.3 is 5.97 Å². The molecule has 0 spiro atoms. The van der Waals surface area contributed by atoms with Crippen LogP contribution in [0.25, 0.3) is 11.1 Å². The molecule has 2 aromatic carbocycles. The number of rotatable bonds is 5. The fourth-order valence-electron chi connectivity index (χ4n) is 3.35. The SMILES string of the molecule is CC1(C)[C@H](C(=O)OCc2cccc(-c3ccccc3)c2F)[C@@H]1C=C(Br)Br. The van der Waals surface area contributed by atoms with Crippen molar-refractivity contribution in [1.29, 1.82) is 0 Å². The van der Waals surface area contributed by atoms with Crippen LogP contribution in [0.1, 0.15) is 19.4 Å². The molecule has 0 saturated heterocycles. The molecule has 0 unspecified atom stereocenters. The molecule has 2 atom stereocenters. The molecule has 3 rings (SSSR count). The van der Waals surface area contributed by atoms with E-state index in [1.165, 1.54) is 0 Å². The summed E-state index contributed by atoms with van der Waals surface area (Å²) in [4.78, 5) is 12.4. The van der Waals surface area contributed by atoms with Crippen LogP contribution in [0.5, 0.6) is 0 Å². The van der Waals surface area contributed by atoms with Crippen molar-refractivity contribution in [1.82, 2.24) is 0 Å². The summed E-state index contributed by atoms with van der Waals surface area (Å²) in [7, 11) is 0. The van der Waals surface area contributed by atoms with Gasteiger partial charge in [0.25, 0.3) is 0 Å². The molecule has 0 aliphatic heterocycles. The Balaban J connectivity index is 1.71. The Kier molecular flexibility index (Phi) is 5.68. The molecule has 2 aromatic rings. The molecule has 1 aliphatic rings. The van der Waals surface area contributed by atoms with Gasteiger partial charge in [-0.1, -0.05) is 68.5 Å². The Morgan fingerprint density at radius 2 is 1.85 bits per heavy atom. The molecule has 2 nitrogen and oxygen atoms in total. The maximum atomic E-state index is 14.8. The first-order chi connectivity index (χ1) is 12.3. The van der Waals surface area contributed by atoms with E-state index in [1.54, 1.807) is 18.2 Å². The highest BCUT2D eigenvalue weighted by atomic mass is 79.9. The van der Waals surface area contributed by atoms with E-state index in [2.05, 4.69) is 31.9 Å². The minimum absolute atomic E-state index is 0.0656. The molecule has 0 amide bonds. The zero-order chi connectivity index (χ0) is 18.9. The van der Waals surface area contributed by atoms with E-state index in [0.29, 0.717) is 11.1 Å². The van der Waals surface area contributed by atoms with Crippen LogP contribution in [-0.4, -0.2) is 5.97 Å². The average molecular weight is 482 g/mol. The van der Waals surface area contributed by atoms with E-state index in [0.717, 1.165) is 8.96 Å². The van der Waals surface area contributed by atoms with Gasteiger partial charge in [-0.2, -0.15) is 0 Å². The minimum atomic E-state index is -0.346. The summed E-state index contributed by atoms with van der Waals surface area (Å²) in [5.74, 6) is -0.750. The molecule has 0 aromatic heterocycles. The number of ether oxygens (including phenoxy) is 1. The molecule has 0 radical (unpaired) electrons. The van der Waals surface area contributed by atoms with Crippen LogP contribution in [0.4, 0.5) is 4.39 Å². The molecule has 0 N–H and O–H groups in total. The molecule has 0 bridgehead atoms. The van der Waals surface area contributed by atoms with Crippen molar-refractivity contribution in [2.75, 3.05) is 0 Å². The van der Waals surface area contributed by atoms with E-state index >= 15 is 0 Å². The predicted molar refractivity (Wildman–Crippen MR) is 108 cm³/mol. The summed E-state index contributed by atoms with van der Waals surface area (Å²) in [6.07, 6.45) is 1.96. The van der Waals surface area contributed by atoms with Gasteiger partial charge in [0.15, 0.2) is 0 Å². The lowest BCUT2D eigenvalue weighted by Crippen LogP contribution is -2.11. The zero-order valence-corrected chi connectivity index (χ0v) is 17.7.